The van der Waals surface area contributed by atoms with Crippen molar-refractivity contribution in [2.45, 2.75) is 19.4 Å². The molecule has 1 N–H and O–H groups in total. The van der Waals surface area contributed by atoms with Gasteiger partial charge in [0.1, 0.15) is 17.7 Å². The lowest BCUT2D eigenvalue weighted by Crippen LogP contribution is -2.16. The summed E-state index contributed by atoms with van der Waals surface area (Å²) >= 11 is 3.02. The molecule has 0 aliphatic rings. The fourth-order valence-corrected chi connectivity index (χ4v) is 1.43. The highest BCUT2D eigenvalue weighted by atomic mass is 79.9. The smallest absolute Gasteiger partial charge is 0.307 e. The molecule has 1 atom stereocenters. The molecular formula is C10H10BrFO3. The molecule has 5 heteroatoms. The monoisotopic (exact) mass is 276 g/mol. The second kappa shape index (κ2) is 5.11. The first-order valence-electron chi connectivity index (χ1n) is 4.32. The average molecular weight is 277 g/mol. The molecule has 0 saturated carbocycles. The van der Waals surface area contributed by atoms with Crippen LogP contribution in [0.3, 0.4) is 0 Å². The van der Waals surface area contributed by atoms with E-state index in [0.717, 1.165) is 0 Å². The molecule has 0 unspecified atom stereocenters. The van der Waals surface area contributed by atoms with Crippen LogP contribution in [0.1, 0.15) is 13.3 Å². The number of carboxylic acids is 1. The van der Waals surface area contributed by atoms with Crippen LogP contribution in [-0.2, 0) is 4.79 Å². The van der Waals surface area contributed by atoms with Crippen molar-refractivity contribution in [2.24, 2.45) is 0 Å². The van der Waals surface area contributed by atoms with Gasteiger partial charge < -0.3 is 9.84 Å². The first kappa shape index (κ1) is 12.0. The van der Waals surface area contributed by atoms with Gasteiger partial charge in [-0.2, -0.15) is 0 Å². The zero-order chi connectivity index (χ0) is 11.4. The second-order valence-corrected chi connectivity index (χ2v) is 3.96. The number of hydrogen-bond acceptors (Lipinski definition) is 2. The first-order valence-corrected chi connectivity index (χ1v) is 5.12. The van der Waals surface area contributed by atoms with Gasteiger partial charge in [-0.05, 0) is 41.1 Å². The molecule has 1 rings (SSSR count). The van der Waals surface area contributed by atoms with Gasteiger partial charge in [-0.25, -0.2) is 4.39 Å². The van der Waals surface area contributed by atoms with E-state index < -0.39 is 12.1 Å². The van der Waals surface area contributed by atoms with E-state index in [4.69, 9.17) is 9.84 Å². The Labute approximate surface area is 95.0 Å². The summed E-state index contributed by atoms with van der Waals surface area (Å²) in [5.74, 6) is -0.867. The summed E-state index contributed by atoms with van der Waals surface area (Å²) in [5, 5.41) is 8.51. The molecule has 82 valence electrons. The maximum atomic E-state index is 12.8. The summed E-state index contributed by atoms with van der Waals surface area (Å²) in [4.78, 5) is 10.4. The highest BCUT2D eigenvalue weighted by Gasteiger charge is 2.10. The van der Waals surface area contributed by atoms with E-state index in [1.54, 1.807) is 6.92 Å². The number of carboxylic acid groups (broad SMARTS) is 1. The first-order chi connectivity index (χ1) is 6.99. The maximum Gasteiger partial charge on any atom is 0.307 e. The van der Waals surface area contributed by atoms with Gasteiger partial charge in [0.15, 0.2) is 0 Å². The molecule has 15 heavy (non-hydrogen) atoms. The van der Waals surface area contributed by atoms with Gasteiger partial charge in [0.25, 0.3) is 0 Å². The summed E-state index contributed by atoms with van der Waals surface area (Å²) in [6.07, 6.45) is -0.533. The highest BCUT2D eigenvalue weighted by molar-refractivity contribution is 9.10. The molecule has 0 radical (unpaired) electrons. The third-order valence-electron chi connectivity index (χ3n) is 1.69. The van der Waals surface area contributed by atoms with Crippen molar-refractivity contribution in [3.05, 3.63) is 28.5 Å². The number of ether oxygens (including phenoxy) is 1. The maximum absolute atomic E-state index is 12.8. The van der Waals surface area contributed by atoms with Crippen molar-refractivity contribution in [3.63, 3.8) is 0 Å². The number of aliphatic carboxylic acids is 1. The van der Waals surface area contributed by atoms with Gasteiger partial charge in [-0.3, -0.25) is 4.79 Å². The topological polar surface area (TPSA) is 46.5 Å². The van der Waals surface area contributed by atoms with Crippen LogP contribution >= 0.6 is 15.9 Å². The lowest BCUT2D eigenvalue weighted by atomic mass is 10.3. The minimum absolute atomic E-state index is 0.0883. The lowest BCUT2D eigenvalue weighted by molar-refractivity contribution is -0.138. The Kier molecular flexibility index (Phi) is 4.08. The van der Waals surface area contributed by atoms with E-state index in [0.29, 0.717) is 10.2 Å². The highest BCUT2D eigenvalue weighted by Crippen LogP contribution is 2.22. The van der Waals surface area contributed by atoms with Crippen LogP contribution in [0.25, 0.3) is 0 Å². The largest absolute Gasteiger partial charge is 0.490 e. The summed E-state index contributed by atoms with van der Waals surface area (Å²) in [6, 6.07) is 4.18. The molecule has 3 nitrogen and oxygen atoms in total. The minimum atomic E-state index is -0.927. The Morgan fingerprint density at radius 2 is 2.33 bits per heavy atom. The van der Waals surface area contributed by atoms with Gasteiger partial charge >= 0.3 is 5.97 Å². The standard InChI is InChI=1S/C10H10BrFO3/c1-6(4-10(13)14)15-7-2-3-9(12)8(11)5-7/h2-3,5-6H,4H2,1H3,(H,13,14)/t6-/m1/s1. The summed E-state index contributed by atoms with van der Waals surface area (Å²) < 4.78 is 18.4. The Balaban J connectivity index is 2.64. The fourth-order valence-electron chi connectivity index (χ4n) is 1.07. The summed E-state index contributed by atoms with van der Waals surface area (Å²) in [6.45, 7) is 1.64. The summed E-state index contributed by atoms with van der Waals surface area (Å²) in [7, 11) is 0. The Morgan fingerprint density at radius 1 is 1.67 bits per heavy atom. The molecule has 0 aliphatic carbocycles. The quantitative estimate of drug-likeness (QED) is 0.920. The molecular weight excluding hydrogens is 267 g/mol. The zero-order valence-electron chi connectivity index (χ0n) is 8.04. The molecule has 1 aromatic rings. The second-order valence-electron chi connectivity index (χ2n) is 3.10. The van der Waals surface area contributed by atoms with Crippen molar-refractivity contribution in [2.75, 3.05) is 0 Å². The number of benzene rings is 1. The van der Waals surface area contributed by atoms with E-state index >= 15 is 0 Å². The third-order valence-corrected chi connectivity index (χ3v) is 2.30. The average Bonchev–Trinajstić information content (AvgIpc) is 2.10. The molecule has 0 aromatic heterocycles. The van der Waals surface area contributed by atoms with Gasteiger partial charge in [-0.15, -0.1) is 0 Å². The molecule has 0 aliphatic heterocycles. The molecule has 0 amide bonds. The number of rotatable bonds is 4. The van der Waals surface area contributed by atoms with Crippen LogP contribution in [0.4, 0.5) is 4.39 Å². The lowest BCUT2D eigenvalue weighted by Gasteiger charge is -2.12. The predicted octanol–water partition coefficient (Wildman–Crippen LogP) is 2.83. The molecule has 0 saturated heterocycles. The third kappa shape index (κ3) is 3.87. The van der Waals surface area contributed by atoms with Gasteiger partial charge in [-0.1, -0.05) is 0 Å². The number of carbonyl (C=O) groups is 1. The Bertz CT molecular complexity index is 368. The molecule has 0 fully saturated rings. The summed E-state index contributed by atoms with van der Waals surface area (Å²) in [5.41, 5.74) is 0. The normalized spacial score (nSPS) is 12.2. The molecule has 1 aromatic carbocycles. The fraction of sp³-hybridized carbons (Fsp3) is 0.300. The number of halogens is 2. The minimum Gasteiger partial charge on any atom is -0.490 e. The Morgan fingerprint density at radius 3 is 2.87 bits per heavy atom. The number of hydrogen-bond donors (Lipinski definition) is 1. The van der Waals surface area contributed by atoms with E-state index in [9.17, 15) is 9.18 Å². The van der Waals surface area contributed by atoms with Crippen molar-refractivity contribution in [1.82, 2.24) is 0 Å². The van der Waals surface area contributed by atoms with Gasteiger partial charge in [0.2, 0.25) is 0 Å². The van der Waals surface area contributed by atoms with Gasteiger partial charge in [0, 0.05) is 0 Å². The SMILES string of the molecule is C[C@H](CC(=O)O)Oc1ccc(F)c(Br)c1. The van der Waals surface area contributed by atoms with E-state index in [2.05, 4.69) is 15.9 Å². The van der Waals surface area contributed by atoms with Crippen LogP contribution in [0.5, 0.6) is 5.75 Å². The van der Waals surface area contributed by atoms with Crippen molar-refractivity contribution in [1.29, 1.82) is 0 Å². The van der Waals surface area contributed by atoms with E-state index in [-0.39, 0.29) is 12.2 Å². The van der Waals surface area contributed by atoms with Crippen LogP contribution < -0.4 is 4.74 Å². The van der Waals surface area contributed by atoms with E-state index in [1.807, 2.05) is 0 Å². The van der Waals surface area contributed by atoms with Crippen LogP contribution in [-0.4, -0.2) is 17.2 Å². The van der Waals surface area contributed by atoms with Crippen LogP contribution in [0.2, 0.25) is 0 Å². The van der Waals surface area contributed by atoms with Crippen LogP contribution in [0, 0.1) is 5.82 Å². The predicted molar refractivity (Wildman–Crippen MR) is 56.4 cm³/mol. The van der Waals surface area contributed by atoms with Crippen molar-refractivity contribution in [3.8, 4) is 5.75 Å². The molecule has 0 bridgehead atoms. The van der Waals surface area contributed by atoms with Gasteiger partial charge in [0.05, 0.1) is 10.9 Å². The van der Waals surface area contributed by atoms with Crippen molar-refractivity contribution < 1.29 is 19.0 Å². The van der Waals surface area contributed by atoms with Crippen molar-refractivity contribution >= 4 is 21.9 Å². The van der Waals surface area contributed by atoms with E-state index in [1.165, 1.54) is 18.2 Å². The molecule has 0 heterocycles. The Hall–Kier alpha value is -1.10. The zero-order valence-corrected chi connectivity index (χ0v) is 9.62. The molecule has 0 spiro atoms. The van der Waals surface area contributed by atoms with Crippen LogP contribution in [0.15, 0.2) is 22.7 Å².